The van der Waals surface area contributed by atoms with Crippen LogP contribution in [0.5, 0.6) is 0 Å². The predicted molar refractivity (Wildman–Crippen MR) is 102 cm³/mol. The van der Waals surface area contributed by atoms with E-state index in [1.54, 1.807) is 11.3 Å². The molecule has 5 nitrogen and oxygen atoms in total. The number of fused-ring (bicyclic) bond motifs is 1. The van der Waals surface area contributed by atoms with Crippen LogP contribution in [0.3, 0.4) is 0 Å². The van der Waals surface area contributed by atoms with Crippen LogP contribution in [-0.4, -0.2) is 36.2 Å². The maximum Gasteiger partial charge on any atom is 0.240 e. The van der Waals surface area contributed by atoms with E-state index >= 15 is 0 Å². The minimum absolute atomic E-state index is 0.0540. The molecule has 0 aliphatic carbocycles. The molecule has 1 aliphatic rings. The molecule has 0 bridgehead atoms. The van der Waals surface area contributed by atoms with Crippen LogP contribution >= 0.6 is 11.3 Å². The van der Waals surface area contributed by atoms with Gasteiger partial charge in [-0.3, -0.25) is 4.79 Å². The summed E-state index contributed by atoms with van der Waals surface area (Å²) in [7, 11) is 0. The zero-order chi connectivity index (χ0) is 17.9. The number of hydrogen-bond acceptors (Lipinski definition) is 5. The number of benzene rings is 1. The molecule has 3 rings (SSSR count). The summed E-state index contributed by atoms with van der Waals surface area (Å²) in [6.45, 7) is 6.16. The Morgan fingerprint density at radius 3 is 2.88 bits per heavy atom. The van der Waals surface area contributed by atoms with Crippen LogP contribution in [0.1, 0.15) is 49.6 Å². The monoisotopic (exact) mass is 361 g/mol. The Morgan fingerprint density at radius 2 is 2.16 bits per heavy atom. The molecule has 25 heavy (non-hydrogen) atoms. The Kier molecular flexibility index (Phi) is 5.71. The quantitative estimate of drug-likeness (QED) is 0.776. The van der Waals surface area contributed by atoms with Gasteiger partial charge in [0.1, 0.15) is 0 Å². The maximum atomic E-state index is 12.3. The van der Waals surface area contributed by atoms with Crippen molar-refractivity contribution in [2.45, 2.75) is 51.0 Å². The van der Waals surface area contributed by atoms with E-state index in [-0.39, 0.29) is 5.91 Å². The molecule has 1 aromatic carbocycles. The highest BCUT2D eigenvalue weighted by molar-refractivity contribution is 7.18. The van der Waals surface area contributed by atoms with Crippen molar-refractivity contribution in [2.24, 2.45) is 5.73 Å². The number of nitrogens with zero attached hydrogens (tertiary/aromatic N) is 1. The highest BCUT2D eigenvalue weighted by Gasteiger charge is 2.35. The van der Waals surface area contributed by atoms with Crippen LogP contribution in [0.25, 0.3) is 10.2 Å². The van der Waals surface area contributed by atoms with Crippen molar-refractivity contribution in [3.8, 4) is 0 Å². The van der Waals surface area contributed by atoms with E-state index < -0.39 is 5.54 Å². The van der Waals surface area contributed by atoms with Crippen molar-refractivity contribution in [1.29, 1.82) is 0 Å². The summed E-state index contributed by atoms with van der Waals surface area (Å²) in [5.41, 5.74) is 7.83. The molecule has 1 saturated heterocycles. The average molecular weight is 362 g/mol. The van der Waals surface area contributed by atoms with Crippen LogP contribution in [0.15, 0.2) is 18.2 Å². The lowest BCUT2D eigenvalue weighted by Gasteiger charge is -2.31. The van der Waals surface area contributed by atoms with Gasteiger partial charge in [-0.05, 0) is 42.9 Å². The summed E-state index contributed by atoms with van der Waals surface area (Å²) >= 11 is 1.75. The lowest BCUT2D eigenvalue weighted by atomic mass is 9.90. The van der Waals surface area contributed by atoms with Crippen LogP contribution < -0.4 is 11.1 Å². The summed E-state index contributed by atoms with van der Waals surface area (Å²) in [5.74, 6) is 0.473. The Labute approximate surface area is 153 Å². The normalized spacial score (nSPS) is 17.1. The number of aromatic nitrogens is 1. The summed E-state index contributed by atoms with van der Waals surface area (Å²) in [6, 6.07) is 6.51. The minimum Gasteiger partial charge on any atom is -0.381 e. The third-order valence-electron chi connectivity index (χ3n) is 4.81. The van der Waals surface area contributed by atoms with Gasteiger partial charge in [-0.1, -0.05) is 19.9 Å². The first-order valence-corrected chi connectivity index (χ1v) is 9.84. The van der Waals surface area contributed by atoms with Gasteiger partial charge in [0.05, 0.1) is 20.8 Å². The number of amides is 1. The SMILES string of the molecule is CC(C)c1ccc2nc(CCCNC(=O)C3(N)CCOCC3)sc2c1. The molecule has 1 fully saturated rings. The standard InChI is InChI=1S/C19H27N3O2S/c1-13(2)14-5-6-15-16(12-14)25-17(22-15)4-3-9-21-18(23)19(20)7-10-24-11-8-19/h5-6,12-13H,3-4,7-11,20H2,1-2H3,(H,21,23). The minimum atomic E-state index is -0.763. The molecular formula is C19H27N3O2S. The second-order valence-electron chi connectivity index (χ2n) is 7.12. The largest absolute Gasteiger partial charge is 0.381 e. The van der Waals surface area contributed by atoms with Crippen LogP contribution in [0, 0.1) is 0 Å². The summed E-state index contributed by atoms with van der Waals surface area (Å²) < 4.78 is 6.53. The third kappa shape index (κ3) is 4.37. The molecular weight excluding hydrogens is 334 g/mol. The van der Waals surface area contributed by atoms with Gasteiger partial charge in [0, 0.05) is 26.2 Å². The van der Waals surface area contributed by atoms with Gasteiger partial charge in [-0.2, -0.15) is 0 Å². The van der Waals surface area contributed by atoms with Gasteiger partial charge in [0.2, 0.25) is 5.91 Å². The number of ether oxygens (including phenoxy) is 1. The first-order chi connectivity index (χ1) is 12.0. The molecule has 2 heterocycles. The van der Waals surface area contributed by atoms with E-state index in [0.29, 0.717) is 38.5 Å². The number of aryl methyl sites for hydroxylation is 1. The molecule has 1 amide bonds. The number of nitrogens with one attached hydrogen (secondary N) is 1. The van der Waals surface area contributed by atoms with Crippen molar-refractivity contribution in [1.82, 2.24) is 10.3 Å². The second kappa shape index (κ2) is 7.81. The summed E-state index contributed by atoms with van der Waals surface area (Å²) in [5, 5.41) is 4.10. The molecule has 3 N–H and O–H groups in total. The van der Waals surface area contributed by atoms with Crippen molar-refractivity contribution in [3.63, 3.8) is 0 Å². The highest BCUT2D eigenvalue weighted by atomic mass is 32.1. The first kappa shape index (κ1) is 18.3. The Morgan fingerprint density at radius 1 is 1.40 bits per heavy atom. The molecule has 0 saturated carbocycles. The predicted octanol–water partition coefficient (Wildman–Crippen LogP) is 2.98. The first-order valence-electron chi connectivity index (χ1n) is 9.02. The molecule has 6 heteroatoms. The maximum absolute atomic E-state index is 12.3. The summed E-state index contributed by atoms with van der Waals surface area (Å²) in [6.07, 6.45) is 2.93. The van der Waals surface area contributed by atoms with Gasteiger partial charge in [0.25, 0.3) is 0 Å². The van der Waals surface area contributed by atoms with Gasteiger partial charge in [0.15, 0.2) is 0 Å². The number of hydrogen-bond donors (Lipinski definition) is 2. The Balaban J connectivity index is 1.50. The molecule has 0 radical (unpaired) electrons. The third-order valence-corrected chi connectivity index (χ3v) is 5.89. The molecule has 1 aliphatic heterocycles. The zero-order valence-corrected chi connectivity index (χ0v) is 15.8. The molecule has 2 aromatic rings. The fraction of sp³-hybridized carbons (Fsp3) is 0.579. The Hall–Kier alpha value is -1.50. The van der Waals surface area contributed by atoms with E-state index in [1.165, 1.54) is 10.3 Å². The number of carbonyl (C=O) groups excluding carboxylic acids is 1. The van der Waals surface area contributed by atoms with E-state index in [1.807, 2.05) is 0 Å². The van der Waals surface area contributed by atoms with E-state index in [4.69, 9.17) is 15.5 Å². The highest BCUT2D eigenvalue weighted by Crippen LogP contribution is 2.27. The van der Waals surface area contributed by atoms with Gasteiger partial charge < -0.3 is 15.8 Å². The van der Waals surface area contributed by atoms with E-state index in [2.05, 4.69) is 37.4 Å². The lowest BCUT2D eigenvalue weighted by Crippen LogP contribution is -2.57. The second-order valence-corrected chi connectivity index (χ2v) is 8.23. The Bertz CT molecular complexity index is 735. The van der Waals surface area contributed by atoms with E-state index in [0.717, 1.165) is 23.4 Å². The van der Waals surface area contributed by atoms with Crippen molar-refractivity contribution >= 4 is 27.5 Å². The van der Waals surface area contributed by atoms with E-state index in [9.17, 15) is 4.79 Å². The van der Waals surface area contributed by atoms with Crippen molar-refractivity contribution < 1.29 is 9.53 Å². The fourth-order valence-electron chi connectivity index (χ4n) is 3.04. The van der Waals surface area contributed by atoms with Gasteiger partial charge >= 0.3 is 0 Å². The average Bonchev–Trinajstić information content (AvgIpc) is 3.01. The molecule has 136 valence electrons. The van der Waals surface area contributed by atoms with Gasteiger partial charge in [-0.15, -0.1) is 11.3 Å². The smallest absolute Gasteiger partial charge is 0.240 e. The van der Waals surface area contributed by atoms with Gasteiger partial charge in [-0.25, -0.2) is 4.98 Å². The fourth-order valence-corrected chi connectivity index (χ4v) is 4.09. The molecule has 0 spiro atoms. The van der Waals surface area contributed by atoms with Crippen molar-refractivity contribution in [3.05, 3.63) is 28.8 Å². The number of carbonyl (C=O) groups is 1. The zero-order valence-electron chi connectivity index (χ0n) is 15.0. The number of nitrogens with two attached hydrogens (primary N) is 1. The van der Waals surface area contributed by atoms with Crippen LogP contribution in [-0.2, 0) is 16.0 Å². The number of thiazole rings is 1. The van der Waals surface area contributed by atoms with Crippen LogP contribution in [0.4, 0.5) is 0 Å². The number of rotatable bonds is 6. The molecule has 0 atom stereocenters. The topological polar surface area (TPSA) is 77.2 Å². The lowest BCUT2D eigenvalue weighted by molar-refractivity contribution is -0.129. The summed E-state index contributed by atoms with van der Waals surface area (Å²) in [4.78, 5) is 17.0. The van der Waals surface area contributed by atoms with Crippen LogP contribution in [0.2, 0.25) is 0 Å². The molecule has 1 aromatic heterocycles. The van der Waals surface area contributed by atoms with Crippen molar-refractivity contribution in [2.75, 3.05) is 19.8 Å². The molecule has 0 unspecified atom stereocenters.